The van der Waals surface area contributed by atoms with Gasteiger partial charge in [-0.3, -0.25) is 14.2 Å². The highest BCUT2D eigenvalue weighted by molar-refractivity contribution is 7.09. The number of thiazole rings is 1. The lowest BCUT2D eigenvalue weighted by molar-refractivity contribution is -0.137. The number of carboxylic acid groups (broad SMARTS) is 1. The average molecular weight is 321 g/mol. The van der Waals surface area contributed by atoms with Gasteiger partial charge in [-0.25, -0.2) is 0 Å². The van der Waals surface area contributed by atoms with Crippen LogP contribution in [0.1, 0.15) is 24.6 Å². The van der Waals surface area contributed by atoms with Crippen LogP contribution in [-0.2, 0) is 11.3 Å². The van der Waals surface area contributed by atoms with Gasteiger partial charge in [0.2, 0.25) is 0 Å². The lowest BCUT2D eigenvalue weighted by atomic mass is 10.1. The monoisotopic (exact) mass is 321 g/mol. The van der Waals surface area contributed by atoms with Crippen LogP contribution in [0.15, 0.2) is 29.1 Å². The first-order valence-corrected chi connectivity index (χ1v) is 7.99. The first-order chi connectivity index (χ1) is 10.5. The molecule has 0 saturated carbocycles. The summed E-state index contributed by atoms with van der Waals surface area (Å²) in [4.78, 5) is 23.5. The molecule has 0 aliphatic heterocycles. The lowest BCUT2D eigenvalue weighted by Gasteiger charge is -2.09. The third-order valence-corrected chi connectivity index (χ3v) is 4.11. The molecule has 0 radical (unpaired) electrons. The molecule has 2 rings (SSSR count). The van der Waals surface area contributed by atoms with Crippen molar-refractivity contribution < 1.29 is 14.6 Å². The van der Waals surface area contributed by atoms with Gasteiger partial charge < -0.3 is 9.84 Å². The number of aryl methyl sites for hydroxylation is 1. The molecule has 1 N–H and O–H groups in total. The molecule has 0 aliphatic carbocycles. The van der Waals surface area contributed by atoms with Gasteiger partial charge in [-0.2, -0.15) is 0 Å². The van der Waals surface area contributed by atoms with E-state index in [1.165, 1.54) is 4.57 Å². The predicted octanol–water partition coefficient (Wildman–Crippen LogP) is 3.15. The highest BCUT2D eigenvalue weighted by Crippen LogP contribution is 2.27. The Morgan fingerprint density at radius 1 is 1.32 bits per heavy atom. The molecule has 0 fully saturated rings. The molecule has 22 heavy (non-hydrogen) atoms. The van der Waals surface area contributed by atoms with E-state index in [0.717, 1.165) is 39.6 Å². The summed E-state index contributed by atoms with van der Waals surface area (Å²) in [5.74, 6) is -0.122. The quantitative estimate of drug-likeness (QED) is 0.850. The number of benzene rings is 1. The molecule has 2 aromatic rings. The lowest BCUT2D eigenvalue weighted by Crippen LogP contribution is -2.16. The van der Waals surface area contributed by atoms with Crippen LogP contribution < -0.4 is 9.61 Å². The molecule has 0 amide bonds. The van der Waals surface area contributed by atoms with E-state index in [4.69, 9.17) is 9.84 Å². The fourth-order valence-electron chi connectivity index (χ4n) is 2.21. The van der Waals surface area contributed by atoms with Crippen molar-refractivity contribution in [2.45, 2.75) is 33.2 Å². The molecular formula is C16H19NO4S. The molecule has 1 aromatic heterocycles. The van der Waals surface area contributed by atoms with Gasteiger partial charge in [-0.15, -0.1) is 0 Å². The Morgan fingerprint density at radius 3 is 2.59 bits per heavy atom. The molecule has 1 aromatic carbocycles. The Balaban J connectivity index is 2.31. The van der Waals surface area contributed by atoms with Gasteiger partial charge in [0.25, 0.3) is 0 Å². The summed E-state index contributed by atoms with van der Waals surface area (Å²) in [7, 11) is 0. The summed E-state index contributed by atoms with van der Waals surface area (Å²) >= 11 is 1.14. The maximum absolute atomic E-state index is 12.0. The Labute approximate surface area is 132 Å². The number of aromatic nitrogens is 1. The molecule has 0 unspecified atom stereocenters. The highest BCUT2D eigenvalue weighted by atomic mass is 32.1. The van der Waals surface area contributed by atoms with Gasteiger partial charge in [0.1, 0.15) is 5.75 Å². The van der Waals surface area contributed by atoms with Gasteiger partial charge in [0.15, 0.2) is 0 Å². The number of rotatable bonds is 7. The number of carboxylic acids is 1. The Hall–Kier alpha value is -2.08. The van der Waals surface area contributed by atoms with Crippen molar-refractivity contribution in [3.8, 4) is 17.0 Å². The summed E-state index contributed by atoms with van der Waals surface area (Å²) in [6.45, 7) is 4.77. The molecule has 0 saturated heterocycles. The molecule has 0 spiro atoms. The van der Waals surface area contributed by atoms with Gasteiger partial charge in [0.05, 0.1) is 18.7 Å². The van der Waals surface area contributed by atoms with E-state index in [9.17, 15) is 9.59 Å². The Bertz CT molecular complexity index is 700. The van der Waals surface area contributed by atoms with Crippen molar-refractivity contribution in [1.29, 1.82) is 0 Å². The van der Waals surface area contributed by atoms with Crippen molar-refractivity contribution in [3.05, 3.63) is 38.8 Å². The highest BCUT2D eigenvalue weighted by Gasteiger charge is 2.14. The SMILES string of the molecule is CCCOc1ccc(-c2c(C)sc(=O)n2CCC(=O)O)cc1. The smallest absolute Gasteiger partial charge is 0.307 e. The number of hydrogen-bond donors (Lipinski definition) is 1. The van der Waals surface area contributed by atoms with E-state index in [-0.39, 0.29) is 17.8 Å². The summed E-state index contributed by atoms with van der Waals surface area (Å²) in [5, 5.41) is 8.82. The van der Waals surface area contributed by atoms with Crippen LogP contribution in [-0.4, -0.2) is 22.2 Å². The first kappa shape index (κ1) is 16.3. The topological polar surface area (TPSA) is 68.5 Å². The summed E-state index contributed by atoms with van der Waals surface area (Å²) < 4.78 is 7.08. The zero-order chi connectivity index (χ0) is 16.1. The van der Waals surface area contributed by atoms with Gasteiger partial charge in [-0.1, -0.05) is 18.3 Å². The van der Waals surface area contributed by atoms with E-state index in [1.54, 1.807) is 0 Å². The van der Waals surface area contributed by atoms with E-state index in [2.05, 4.69) is 0 Å². The van der Waals surface area contributed by atoms with Crippen LogP contribution in [0.3, 0.4) is 0 Å². The van der Waals surface area contributed by atoms with E-state index in [0.29, 0.717) is 6.61 Å². The summed E-state index contributed by atoms with van der Waals surface area (Å²) in [5.41, 5.74) is 1.68. The number of aliphatic carboxylic acids is 1. The van der Waals surface area contributed by atoms with Crippen LogP contribution in [0.25, 0.3) is 11.3 Å². The molecule has 0 aliphatic rings. The molecule has 0 atom stereocenters. The third kappa shape index (κ3) is 3.76. The second kappa shape index (κ2) is 7.26. The average Bonchev–Trinajstić information content (AvgIpc) is 2.77. The third-order valence-electron chi connectivity index (χ3n) is 3.21. The van der Waals surface area contributed by atoms with E-state index in [1.807, 2.05) is 38.1 Å². The maximum atomic E-state index is 12.0. The molecular weight excluding hydrogens is 302 g/mol. The minimum Gasteiger partial charge on any atom is -0.494 e. The van der Waals surface area contributed by atoms with Crippen LogP contribution in [0.4, 0.5) is 0 Å². The fourth-order valence-corrected chi connectivity index (χ4v) is 3.09. The molecule has 1 heterocycles. The van der Waals surface area contributed by atoms with Crippen molar-refractivity contribution in [2.24, 2.45) is 0 Å². The Kier molecular flexibility index (Phi) is 5.38. The molecule has 6 heteroatoms. The number of nitrogens with zero attached hydrogens (tertiary/aromatic N) is 1. The number of carbonyl (C=O) groups is 1. The van der Waals surface area contributed by atoms with Gasteiger partial charge in [-0.05, 0) is 43.2 Å². The second-order valence-electron chi connectivity index (χ2n) is 4.94. The largest absolute Gasteiger partial charge is 0.494 e. The zero-order valence-electron chi connectivity index (χ0n) is 12.7. The molecule has 5 nitrogen and oxygen atoms in total. The number of hydrogen-bond acceptors (Lipinski definition) is 4. The summed E-state index contributed by atoms with van der Waals surface area (Å²) in [6, 6.07) is 7.54. The Morgan fingerprint density at radius 2 is 2.00 bits per heavy atom. The molecule has 118 valence electrons. The summed E-state index contributed by atoms with van der Waals surface area (Å²) in [6.07, 6.45) is 0.876. The standard InChI is InChI=1S/C16H19NO4S/c1-3-10-21-13-6-4-12(5-7-13)15-11(2)22-16(20)17(15)9-8-14(18)19/h4-7H,3,8-10H2,1-2H3,(H,18,19). The van der Waals surface area contributed by atoms with Crippen molar-refractivity contribution in [1.82, 2.24) is 4.57 Å². The minimum absolute atomic E-state index is 0.0687. The minimum atomic E-state index is -0.912. The van der Waals surface area contributed by atoms with Crippen molar-refractivity contribution >= 4 is 17.3 Å². The first-order valence-electron chi connectivity index (χ1n) is 7.18. The molecule has 0 bridgehead atoms. The van der Waals surface area contributed by atoms with Gasteiger partial charge in [0, 0.05) is 11.4 Å². The van der Waals surface area contributed by atoms with Crippen LogP contribution in [0.2, 0.25) is 0 Å². The second-order valence-corrected chi connectivity index (χ2v) is 6.11. The number of ether oxygens (including phenoxy) is 1. The van der Waals surface area contributed by atoms with Gasteiger partial charge >= 0.3 is 10.8 Å². The zero-order valence-corrected chi connectivity index (χ0v) is 13.5. The van der Waals surface area contributed by atoms with E-state index >= 15 is 0 Å². The maximum Gasteiger partial charge on any atom is 0.307 e. The fraction of sp³-hybridized carbons (Fsp3) is 0.375. The normalized spacial score (nSPS) is 10.6. The van der Waals surface area contributed by atoms with E-state index < -0.39 is 5.97 Å². The van der Waals surface area contributed by atoms with Crippen LogP contribution in [0, 0.1) is 6.92 Å². The van der Waals surface area contributed by atoms with Crippen LogP contribution >= 0.6 is 11.3 Å². The van der Waals surface area contributed by atoms with Crippen molar-refractivity contribution in [2.75, 3.05) is 6.61 Å². The van der Waals surface area contributed by atoms with Crippen molar-refractivity contribution in [3.63, 3.8) is 0 Å². The predicted molar refractivity (Wildman–Crippen MR) is 86.8 cm³/mol. The van der Waals surface area contributed by atoms with Crippen LogP contribution in [0.5, 0.6) is 5.75 Å².